The van der Waals surface area contributed by atoms with Gasteiger partial charge in [-0.1, -0.05) is 42.8 Å². The number of hydrogen-bond acceptors (Lipinski definition) is 2. The molecule has 3 rings (SSSR count). The van der Waals surface area contributed by atoms with Gasteiger partial charge < -0.3 is 10.2 Å². The molecule has 0 radical (unpaired) electrons. The third kappa shape index (κ3) is 3.37. The number of nitrogens with one attached hydrogen (secondary N) is 1. The highest BCUT2D eigenvalue weighted by atomic mass is 35.5. The normalized spacial score (nSPS) is 17.2. The van der Waals surface area contributed by atoms with Crippen LogP contribution in [0, 0.1) is 5.92 Å². The fourth-order valence-electron chi connectivity index (χ4n) is 2.63. The standard InChI is InChI=1S/C18H17ClN2O2/c1-12-11-21(16-5-3-2-4-15(16)20-18(12)23)17(22)10-13-6-8-14(19)9-7-13/h2-9,12H,10-11H2,1H3,(H,20,23)/t12-/m0/s1. The first-order chi connectivity index (χ1) is 11.0. The fourth-order valence-corrected chi connectivity index (χ4v) is 2.76. The van der Waals surface area contributed by atoms with Crippen molar-refractivity contribution in [3.63, 3.8) is 0 Å². The second-order valence-electron chi connectivity index (χ2n) is 5.72. The Morgan fingerprint density at radius 1 is 1.22 bits per heavy atom. The van der Waals surface area contributed by atoms with Gasteiger partial charge in [0, 0.05) is 11.6 Å². The monoisotopic (exact) mass is 328 g/mol. The molecule has 2 amide bonds. The van der Waals surface area contributed by atoms with Crippen LogP contribution in [0.4, 0.5) is 11.4 Å². The van der Waals surface area contributed by atoms with Gasteiger partial charge in [0.2, 0.25) is 11.8 Å². The van der Waals surface area contributed by atoms with Gasteiger partial charge in [-0.25, -0.2) is 0 Å². The molecule has 5 heteroatoms. The van der Waals surface area contributed by atoms with Gasteiger partial charge in [-0.05, 0) is 29.8 Å². The number of carbonyl (C=O) groups is 2. The average Bonchev–Trinajstić information content (AvgIpc) is 2.67. The van der Waals surface area contributed by atoms with Crippen molar-refractivity contribution < 1.29 is 9.59 Å². The lowest BCUT2D eigenvalue weighted by molar-refractivity contribution is -0.119. The molecule has 0 saturated heterocycles. The summed E-state index contributed by atoms with van der Waals surface area (Å²) in [6, 6.07) is 14.6. The summed E-state index contributed by atoms with van der Waals surface area (Å²) in [6.07, 6.45) is 0.270. The van der Waals surface area contributed by atoms with Crippen molar-refractivity contribution in [1.82, 2.24) is 0 Å². The highest BCUT2D eigenvalue weighted by Crippen LogP contribution is 2.30. The van der Waals surface area contributed by atoms with E-state index >= 15 is 0 Å². The first kappa shape index (κ1) is 15.6. The second kappa shape index (κ2) is 6.42. The molecule has 0 spiro atoms. The number of amides is 2. The van der Waals surface area contributed by atoms with E-state index in [2.05, 4.69) is 5.32 Å². The minimum atomic E-state index is -0.267. The van der Waals surface area contributed by atoms with Crippen LogP contribution in [0.5, 0.6) is 0 Å². The molecule has 2 aromatic carbocycles. The highest BCUT2D eigenvalue weighted by Gasteiger charge is 2.28. The smallest absolute Gasteiger partial charge is 0.231 e. The maximum Gasteiger partial charge on any atom is 0.231 e. The lowest BCUT2D eigenvalue weighted by Gasteiger charge is -2.23. The first-order valence-electron chi connectivity index (χ1n) is 7.49. The molecule has 1 aliphatic rings. The van der Waals surface area contributed by atoms with Crippen molar-refractivity contribution in [3.8, 4) is 0 Å². The Hall–Kier alpha value is -2.33. The number of anilines is 2. The lowest BCUT2D eigenvalue weighted by atomic mass is 10.1. The van der Waals surface area contributed by atoms with Crippen LogP contribution < -0.4 is 10.2 Å². The molecule has 0 fully saturated rings. The molecule has 118 valence electrons. The Bertz CT molecular complexity index is 743. The molecule has 0 aliphatic carbocycles. The number of para-hydroxylation sites is 2. The summed E-state index contributed by atoms with van der Waals surface area (Å²) in [5, 5.41) is 3.52. The lowest BCUT2D eigenvalue weighted by Crippen LogP contribution is -2.36. The summed E-state index contributed by atoms with van der Waals surface area (Å²) < 4.78 is 0. The molecule has 4 nitrogen and oxygen atoms in total. The van der Waals surface area contributed by atoms with Crippen LogP contribution >= 0.6 is 11.6 Å². The van der Waals surface area contributed by atoms with E-state index in [1.54, 1.807) is 17.0 Å². The van der Waals surface area contributed by atoms with E-state index in [1.165, 1.54) is 0 Å². The van der Waals surface area contributed by atoms with Gasteiger partial charge in [-0.3, -0.25) is 9.59 Å². The Labute approximate surface area is 140 Å². The van der Waals surface area contributed by atoms with E-state index in [9.17, 15) is 9.59 Å². The largest absolute Gasteiger partial charge is 0.324 e. The first-order valence-corrected chi connectivity index (χ1v) is 7.87. The van der Waals surface area contributed by atoms with Gasteiger partial charge in [-0.15, -0.1) is 0 Å². The Morgan fingerprint density at radius 3 is 2.65 bits per heavy atom. The number of carbonyl (C=O) groups excluding carboxylic acids is 2. The molecule has 1 N–H and O–H groups in total. The Balaban J connectivity index is 1.89. The number of hydrogen-bond donors (Lipinski definition) is 1. The Kier molecular flexibility index (Phi) is 4.35. The predicted octanol–water partition coefficient (Wildman–Crippen LogP) is 3.50. The van der Waals surface area contributed by atoms with E-state index < -0.39 is 0 Å². The zero-order valence-electron chi connectivity index (χ0n) is 12.8. The molecule has 1 aliphatic heterocycles. The molecule has 0 aromatic heterocycles. The van der Waals surface area contributed by atoms with Crippen LogP contribution in [0.25, 0.3) is 0 Å². The van der Waals surface area contributed by atoms with E-state index in [0.29, 0.717) is 17.3 Å². The second-order valence-corrected chi connectivity index (χ2v) is 6.15. The minimum absolute atomic E-state index is 0.0388. The minimum Gasteiger partial charge on any atom is -0.324 e. The third-order valence-corrected chi connectivity index (χ3v) is 4.18. The number of benzene rings is 2. The van der Waals surface area contributed by atoms with Crippen LogP contribution in [0.3, 0.4) is 0 Å². The van der Waals surface area contributed by atoms with Crippen LogP contribution in [0.1, 0.15) is 12.5 Å². The van der Waals surface area contributed by atoms with E-state index in [1.807, 2.05) is 43.3 Å². The van der Waals surface area contributed by atoms with Gasteiger partial charge in [0.05, 0.1) is 23.7 Å². The quantitative estimate of drug-likeness (QED) is 0.917. The van der Waals surface area contributed by atoms with Crippen molar-refractivity contribution >= 4 is 34.8 Å². The molecule has 0 bridgehead atoms. The summed E-state index contributed by atoms with van der Waals surface area (Å²) in [5.74, 6) is -0.376. The van der Waals surface area contributed by atoms with Crippen LogP contribution in [-0.2, 0) is 16.0 Å². The molecule has 0 saturated carbocycles. The van der Waals surface area contributed by atoms with E-state index in [4.69, 9.17) is 11.6 Å². The van der Waals surface area contributed by atoms with Crippen molar-refractivity contribution in [2.75, 3.05) is 16.8 Å². The maximum absolute atomic E-state index is 12.8. The van der Waals surface area contributed by atoms with Crippen molar-refractivity contribution in [2.45, 2.75) is 13.3 Å². The van der Waals surface area contributed by atoms with Crippen LogP contribution in [-0.4, -0.2) is 18.4 Å². The fraction of sp³-hybridized carbons (Fsp3) is 0.222. The number of halogens is 1. The summed E-state index contributed by atoms with van der Waals surface area (Å²) in [4.78, 5) is 26.5. The Morgan fingerprint density at radius 2 is 1.91 bits per heavy atom. The highest BCUT2D eigenvalue weighted by molar-refractivity contribution is 6.30. The van der Waals surface area contributed by atoms with Gasteiger partial charge in [0.25, 0.3) is 0 Å². The van der Waals surface area contributed by atoms with Crippen molar-refractivity contribution in [3.05, 3.63) is 59.1 Å². The van der Waals surface area contributed by atoms with Gasteiger partial charge in [-0.2, -0.15) is 0 Å². The van der Waals surface area contributed by atoms with E-state index in [-0.39, 0.29) is 24.2 Å². The zero-order chi connectivity index (χ0) is 16.4. The molecule has 0 unspecified atom stereocenters. The summed E-state index contributed by atoms with van der Waals surface area (Å²) in [7, 11) is 0. The maximum atomic E-state index is 12.8. The molecule has 2 aromatic rings. The van der Waals surface area contributed by atoms with Crippen molar-refractivity contribution in [1.29, 1.82) is 0 Å². The number of fused-ring (bicyclic) bond motifs is 1. The third-order valence-electron chi connectivity index (χ3n) is 3.93. The zero-order valence-corrected chi connectivity index (χ0v) is 13.5. The summed E-state index contributed by atoms with van der Waals surface area (Å²) in [5.41, 5.74) is 2.31. The predicted molar refractivity (Wildman–Crippen MR) is 91.7 cm³/mol. The number of rotatable bonds is 2. The topological polar surface area (TPSA) is 49.4 Å². The van der Waals surface area contributed by atoms with Crippen molar-refractivity contribution in [2.24, 2.45) is 5.92 Å². The average molecular weight is 329 g/mol. The SMILES string of the molecule is C[C@H]1CN(C(=O)Cc2ccc(Cl)cc2)c2ccccc2NC1=O. The molecular weight excluding hydrogens is 312 g/mol. The van der Waals surface area contributed by atoms with E-state index in [0.717, 1.165) is 11.3 Å². The molecular formula is C18H17ClN2O2. The summed E-state index contributed by atoms with van der Waals surface area (Å²) >= 11 is 5.88. The van der Waals surface area contributed by atoms with Crippen LogP contribution in [0.2, 0.25) is 5.02 Å². The number of nitrogens with zero attached hydrogens (tertiary/aromatic N) is 1. The summed E-state index contributed by atoms with van der Waals surface area (Å²) in [6.45, 7) is 2.19. The van der Waals surface area contributed by atoms with Gasteiger partial charge in [0.1, 0.15) is 0 Å². The molecule has 23 heavy (non-hydrogen) atoms. The van der Waals surface area contributed by atoms with Crippen LogP contribution in [0.15, 0.2) is 48.5 Å². The molecule has 1 atom stereocenters. The van der Waals surface area contributed by atoms with Gasteiger partial charge >= 0.3 is 0 Å². The van der Waals surface area contributed by atoms with Gasteiger partial charge in [0.15, 0.2) is 0 Å². The molecule has 1 heterocycles.